The minimum Gasteiger partial charge on any atom is -0.324 e. The maximum absolute atomic E-state index is 11.9. The molecule has 0 aliphatic heterocycles. The Morgan fingerprint density at radius 2 is 2.16 bits per heavy atom. The summed E-state index contributed by atoms with van der Waals surface area (Å²) >= 11 is 0. The van der Waals surface area contributed by atoms with Crippen molar-refractivity contribution in [2.24, 2.45) is 11.7 Å². The molecule has 6 nitrogen and oxygen atoms in total. The predicted octanol–water partition coefficient (Wildman–Crippen LogP) is 2.22. The van der Waals surface area contributed by atoms with Gasteiger partial charge in [-0.2, -0.15) is 0 Å². The second kappa shape index (κ2) is 6.29. The Morgan fingerprint density at radius 3 is 2.63 bits per heavy atom. The van der Waals surface area contributed by atoms with Crippen molar-refractivity contribution >= 4 is 17.3 Å². The number of amides is 1. The lowest BCUT2D eigenvalue weighted by Gasteiger charge is -2.18. The number of nitrogens with two attached hydrogens (primary N) is 1. The third-order valence-electron chi connectivity index (χ3n) is 3.24. The molecular weight excluding hydrogens is 246 g/mol. The van der Waals surface area contributed by atoms with Crippen molar-refractivity contribution in [3.63, 3.8) is 0 Å². The minimum absolute atomic E-state index is 0.00160. The molecule has 0 fully saturated rings. The van der Waals surface area contributed by atoms with Crippen molar-refractivity contribution in [3.8, 4) is 0 Å². The van der Waals surface area contributed by atoms with E-state index in [-0.39, 0.29) is 17.5 Å². The average molecular weight is 265 g/mol. The molecule has 1 aromatic carbocycles. The van der Waals surface area contributed by atoms with E-state index in [0.717, 1.165) is 6.42 Å². The van der Waals surface area contributed by atoms with Crippen molar-refractivity contribution in [3.05, 3.63) is 33.9 Å². The lowest BCUT2D eigenvalue weighted by Crippen LogP contribution is -2.40. The van der Waals surface area contributed by atoms with E-state index in [9.17, 15) is 14.9 Å². The summed E-state index contributed by atoms with van der Waals surface area (Å²) < 4.78 is 0. The summed E-state index contributed by atoms with van der Waals surface area (Å²) in [5.41, 5.74) is 7.02. The molecule has 19 heavy (non-hydrogen) atoms. The summed E-state index contributed by atoms with van der Waals surface area (Å²) in [5, 5.41) is 13.3. The Kier molecular flexibility index (Phi) is 5.00. The Labute approximate surface area is 112 Å². The van der Waals surface area contributed by atoms with Crippen LogP contribution in [0, 0.1) is 23.0 Å². The number of nitro benzene ring substituents is 1. The quantitative estimate of drug-likeness (QED) is 0.630. The molecule has 1 rings (SSSR count). The zero-order valence-corrected chi connectivity index (χ0v) is 11.3. The molecule has 1 unspecified atom stereocenters. The molecule has 0 aromatic heterocycles. The molecule has 0 aliphatic carbocycles. The fourth-order valence-corrected chi connectivity index (χ4v) is 1.63. The zero-order valence-electron chi connectivity index (χ0n) is 11.3. The first kappa shape index (κ1) is 15.1. The molecule has 6 heteroatoms. The van der Waals surface area contributed by atoms with Crippen LogP contribution in [0.2, 0.25) is 0 Å². The standard InChI is InChI=1S/C13H19N3O3/c1-4-8(2)12(14)13(17)15-11-6-5-10(16(18)19)7-9(11)3/h5-8,12H,4,14H2,1-3H3,(H,15,17)/t8?,12-/m0/s1. The van der Waals surface area contributed by atoms with Crippen molar-refractivity contribution in [2.75, 3.05) is 5.32 Å². The van der Waals surface area contributed by atoms with Crippen LogP contribution in [0.3, 0.4) is 0 Å². The SMILES string of the molecule is CCC(C)[C@H](N)C(=O)Nc1ccc([N+](=O)[O-])cc1C. The fraction of sp³-hybridized carbons (Fsp3) is 0.462. The van der Waals surface area contributed by atoms with E-state index in [1.165, 1.54) is 18.2 Å². The number of aryl methyl sites for hydroxylation is 1. The van der Waals surface area contributed by atoms with Crippen molar-refractivity contribution in [1.29, 1.82) is 0 Å². The first-order valence-electron chi connectivity index (χ1n) is 6.18. The van der Waals surface area contributed by atoms with E-state index in [2.05, 4.69) is 5.32 Å². The van der Waals surface area contributed by atoms with Crippen LogP contribution < -0.4 is 11.1 Å². The van der Waals surface area contributed by atoms with E-state index in [1.54, 1.807) is 6.92 Å². The van der Waals surface area contributed by atoms with Gasteiger partial charge in [0, 0.05) is 17.8 Å². The number of non-ortho nitro benzene ring substituents is 1. The van der Waals surface area contributed by atoms with E-state index in [0.29, 0.717) is 11.3 Å². The summed E-state index contributed by atoms with van der Waals surface area (Å²) in [6.07, 6.45) is 0.813. The van der Waals surface area contributed by atoms with Gasteiger partial charge in [-0.15, -0.1) is 0 Å². The zero-order chi connectivity index (χ0) is 14.6. The Bertz CT molecular complexity index is 488. The number of carbonyl (C=O) groups is 1. The number of hydrogen-bond donors (Lipinski definition) is 2. The summed E-state index contributed by atoms with van der Waals surface area (Å²) in [7, 11) is 0. The van der Waals surface area contributed by atoms with Crippen molar-refractivity contribution in [1.82, 2.24) is 0 Å². The largest absolute Gasteiger partial charge is 0.324 e. The van der Waals surface area contributed by atoms with Crippen LogP contribution >= 0.6 is 0 Å². The molecule has 1 amide bonds. The van der Waals surface area contributed by atoms with E-state index >= 15 is 0 Å². The maximum atomic E-state index is 11.9. The fourth-order valence-electron chi connectivity index (χ4n) is 1.63. The van der Waals surface area contributed by atoms with Crippen LogP contribution in [0.1, 0.15) is 25.8 Å². The van der Waals surface area contributed by atoms with Crippen molar-refractivity contribution < 1.29 is 9.72 Å². The third-order valence-corrected chi connectivity index (χ3v) is 3.24. The van der Waals surface area contributed by atoms with E-state index in [4.69, 9.17) is 5.73 Å². The minimum atomic E-state index is -0.584. The van der Waals surface area contributed by atoms with Gasteiger partial charge in [-0.1, -0.05) is 20.3 Å². The van der Waals surface area contributed by atoms with Gasteiger partial charge in [-0.3, -0.25) is 14.9 Å². The smallest absolute Gasteiger partial charge is 0.269 e. The first-order chi connectivity index (χ1) is 8.86. The first-order valence-corrected chi connectivity index (χ1v) is 6.18. The predicted molar refractivity (Wildman–Crippen MR) is 73.9 cm³/mol. The summed E-state index contributed by atoms with van der Waals surface area (Å²) in [4.78, 5) is 22.1. The number of anilines is 1. The molecule has 0 saturated heterocycles. The molecule has 0 radical (unpaired) electrons. The highest BCUT2D eigenvalue weighted by atomic mass is 16.6. The number of nitrogens with zero attached hydrogens (tertiary/aromatic N) is 1. The van der Waals surface area contributed by atoms with Crippen LogP contribution in [-0.4, -0.2) is 16.9 Å². The maximum Gasteiger partial charge on any atom is 0.269 e. The molecule has 104 valence electrons. The monoisotopic (exact) mass is 265 g/mol. The average Bonchev–Trinajstić information content (AvgIpc) is 2.38. The van der Waals surface area contributed by atoms with Crippen LogP contribution in [0.5, 0.6) is 0 Å². The van der Waals surface area contributed by atoms with Gasteiger partial charge in [-0.05, 0) is 24.5 Å². The van der Waals surface area contributed by atoms with Crippen molar-refractivity contribution in [2.45, 2.75) is 33.2 Å². The highest BCUT2D eigenvalue weighted by Crippen LogP contribution is 2.21. The van der Waals surface area contributed by atoms with Gasteiger partial charge in [-0.25, -0.2) is 0 Å². The number of benzene rings is 1. The molecule has 0 aliphatic rings. The van der Waals surface area contributed by atoms with Gasteiger partial charge in [0.2, 0.25) is 5.91 Å². The van der Waals surface area contributed by atoms with Crippen LogP contribution in [0.4, 0.5) is 11.4 Å². The highest BCUT2D eigenvalue weighted by molar-refractivity contribution is 5.95. The Hall–Kier alpha value is -1.95. The van der Waals surface area contributed by atoms with Gasteiger partial charge in [0.15, 0.2) is 0 Å². The van der Waals surface area contributed by atoms with Gasteiger partial charge in [0.25, 0.3) is 5.69 Å². The molecule has 2 atom stereocenters. The normalized spacial score (nSPS) is 13.7. The van der Waals surface area contributed by atoms with E-state index in [1.807, 2.05) is 13.8 Å². The number of rotatable bonds is 5. The summed E-state index contributed by atoms with van der Waals surface area (Å²) in [6, 6.07) is 3.72. The molecular formula is C13H19N3O3. The second-order valence-corrected chi connectivity index (χ2v) is 4.66. The van der Waals surface area contributed by atoms with Gasteiger partial charge >= 0.3 is 0 Å². The lowest BCUT2D eigenvalue weighted by atomic mass is 9.99. The Balaban J connectivity index is 2.83. The summed E-state index contributed by atoms with van der Waals surface area (Å²) in [6.45, 7) is 5.58. The highest BCUT2D eigenvalue weighted by Gasteiger charge is 2.20. The molecule has 0 bridgehead atoms. The van der Waals surface area contributed by atoms with Gasteiger partial charge in [0.05, 0.1) is 11.0 Å². The number of carbonyl (C=O) groups excluding carboxylic acids is 1. The number of nitrogens with one attached hydrogen (secondary N) is 1. The topological polar surface area (TPSA) is 98.3 Å². The molecule has 1 aromatic rings. The second-order valence-electron chi connectivity index (χ2n) is 4.66. The van der Waals surface area contributed by atoms with E-state index < -0.39 is 11.0 Å². The lowest BCUT2D eigenvalue weighted by molar-refractivity contribution is -0.384. The molecule has 0 spiro atoms. The molecule has 0 heterocycles. The number of hydrogen-bond acceptors (Lipinski definition) is 4. The molecule has 0 saturated carbocycles. The summed E-state index contributed by atoms with van der Waals surface area (Å²) in [5.74, 6) is -0.190. The Morgan fingerprint density at radius 1 is 1.53 bits per heavy atom. The molecule has 3 N–H and O–H groups in total. The van der Waals surface area contributed by atoms with Gasteiger partial charge in [0.1, 0.15) is 0 Å². The van der Waals surface area contributed by atoms with Crippen LogP contribution in [-0.2, 0) is 4.79 Å². The number of nitro groups is 1. The third kappa shape index (κ3) is 3.75. The van der Waals surface area contributed by atoms with Crippen LogP contribution in [0.25, 0.3) is 0 Å². The van der Waals surface area contributed by atoms with Crippen LogP contribution in [0.15, 0.2) is 18.2 Å². The van der Waals surface area contributed by atoms with Gasteiger partial charge < -0.3 is 11.1 Å².